The molecule has 0 atom stereocenters. The van der Waals surface area contributed by atoms with E-state index in [0.29, 0.717) is 5.69 Å². The quantitative estimate of drug-likeness (QED) is 0.651. The molecule has 0 spiro atoms. The van der Waals surface area contributed by atoms with Crippen LogP contribution >= 0.6 is 0 Å². The number of nitrogens with zero attached hydrogens (tertiary/aromatic N) is 4. The van der Waals surface area contributed by atoms with Crippen molar-refractivity contribution < 1.29 is 13.2 Å². The molecule has 0 aliphatic rings. The largest absolute Gasteiger partial charge is 0.433 e. The van der Waals surface area contributed by atoms with Crippen molar-refractivity contribution in [1.29, 1.82) is 0 Å². The number of aryl methyl sites for hydroxylation is 1. The van der Waals surface area contributed by atoms with Crippen molar-refractivity contribution in [2.75, 3.05) is 5.43 Å². The van der Waals surface area contributed by atoms with E-state index in [1.807, 2.05) is 12.3 Å². The third-order valence-electron chi connectivity index (χ3n) is 3.00. The highest BCUT2D eigenvalue weighted by atomic mass is 19.4. The minimum absolute atomic E-state index is 0.00831. The summed E-state index contributed by atoms with van der Waals surface area (Å²) in [5, 5.41) is 4.17. The average molecular weight is 286 g/mol. The predicted octanol–water partition coefficient (Wildman–Crippen LogP) is 1.89. The van der Waals surface area contributed by atoms with Crippen molar-refractivity contribution in [3.63, 3.8) is 0 Å². The van der Waals surface area contributed by atoms with Crippen LogP contribution < -0.4 is 11.3 Å². The van der Waals surface area contributed by atoms with Gasteiger partial charge in [-0.3, -0.25) is 5.43 Å². The average Bonchev–Trinajstić information content (AvgIpc) is 2.65. The van der Waals surface area contributed by atoms with E-state index in [4.69, 9.17) is 5.84 Å². The highest BCUT2D eigenvalue weighted by Crippen LogP contribution is 2.29. The Kier molecular flexibility index (Phi) is 3.38. The molecular formula is C11H13F3N6. The SMILES string of the molecule is Cc1nn(-c2cc(C(F)(F)F)nc(NN)n2)c(C)c1C. The van der Waals surface area contributed by atoms with E-state index in [1.54, 1.807) is 13.8 Å². The summed E-state index contributed by atoms with van der Waals surface area (Å²) in [4.78, 5) is 7.20. The van der Waals surface area contributed by atoms with Crippen molar-refractivity contribution in [2.45, 2.75) is 26.9 Å². The standard InChI is InChI=1S/C11H13F3N6/c1-5-6(2)19-20(7(5)3)9-4-8(11(12,13)14)16-10(17-9)18-15/h4H,15H2,1-3H3,(H,16,17,18). The number of halogens is 3. The molecule has 2 rings (SSSR count). The molecule has 0 aliphatic heterocycles. The summed E-state index contributed by atoms with van der Waals surface area (Å²) < 4.78 is 39.7. The Balaban J connectivity index is 2.64. The van der Waals surface area contributed by atoms with E-state index in [-0.39, 0.29) is 11.8 Å². The number of nitrogens with one attached hydrogen (secondary N) is 1. The monoisotopic (exact) mass is 286 g/mol. The molecule has 20 heavy (non-hydrogen) atoms. The number of hydrogen-bond donors (Lipinski definition) is 2. The molecule has 6 nitrogen and oxygen atoms in total. The summed E-state index contributed by atoms with van der Waals surface area (Å²) in [5.41, 5.74) is 3.26. The second-order valence-corrected chi connectivity index (χ2v) is 4.28. The van der Waals surface area contributed by atoms with Crippen molar-refractivity contribution in [3.05, 3.63) is 28.7 Å². The molecule has 9 heteroatoms. The van der Waals surface area contributed by atoms with E-state index in [0.717, 1.165) is 17.3 Å². The van der Waals surface area contributed by atoms with Gasteiger partial charge >= 0.3 is 6.18 Å². The lowest BCUT2D eigenvalue weighted by atomic mass is 10.2. The Hall–Kier alpha value is -2.16. The third-order valence-corrected chi connectivity index (χ3v) is 3.00. The molecule has 2 heterocycles. The van der Waals surface area contributed by atoms with Gasteiger partial charge in [0, 0.05) is 11.8 Å². The summed E-state index contributed by atoms with van der Waals surface area (Å²) >= 11 is 0. The Labute approximate surface area is 112 Å². The first-order valence-electron chi connectivity index (χ1n) is 5.70. The van der Waals surface area contributed by atoms with Crippen molar-refractivity contribution in [2.24, 2.45) is 5.84 Å². The van der Waals surface area contributed by atoms with E-state index in [9.17, 15) is 13.2 Å². The highest BCUT2D eigenvalue weighted by Gasteiger charge is 2.34. The Morgan fingerprint density at radius 3 is 2.30 bits per heavy atom. The van der Waals surface area contributed by atoms with Gasteiger partial charge in [0.25, 0.3) is 0 Å². The predicted molar refractivity (Wildman–Crippen MR) is 66.2 cm³/mol. The van der Waals surface area contributed by atoms with Crippen LogP contribution in [0.15, 0.2) is 6.07 Å². The number of anilines is 1. The second-order valence-electron chi connectivity index (χ2n) is 4.28. The number of hydrazine groups is 1. The van der Waals surface area contributed by atoms with Gasteiger partial charge in [-0.2, -0.15) is 23.3 Å². The van der Waals surface area contributed by atoms with Crippen molar-refractivity contribution in [3.8, 4) is 5.82 Å². The summed E-state index contributed by atoms with van der Waals surface area (Å²) in [5.74, 6) is 4.80. The van der Waals surface area contributed by atoms with Crippen LogP contribution in [0, 0.1) is 20.8 Å². The molecule has 0 bridgehead atoms. The lowest BCUT2D eigenvalue weighted by molar-refractivity contribution is -0.141. The van der Waals surface area contributed by atoms with Crippen LogP contribution in [0.25, 0.3) is 5.82 Å². The van der Waals surface area contributed by atoms with Crippen LogP contribution in [0.3, 0.4) is 0 Å². The molecule has 3 N–H and O–H groups in total. The molecule has 2 aromatic heterocycles. The molecule has 0 aromatic carbocycles. The van der Waals surface area contributed by atoms with Crippen LogP contribution in [0.1, 0.15) is 22.6 Å². The van der Waals surface area contributed by atoms with E-state index in [1.165, 1.54) is 4.68 Å². The fourth-order valence-corrected chi connectivity index (χ4v) is 1.70. The molecule has 0 unspecified atom stereocenters. The normalized spacial score (nSPS) is 11.8. The Morgan fingerprint density at radius 1 is 1.20 bits per heavy atom. The number of rotatable bonds is 2. The van der Waals surface area contributed by atoms with Gasteiger partial charge in [0.1, 0.15) is 0 Å². The number of alkyl halides is 3. The van der Waals surface area contributed by atoms with E-state index >= 15 is 0 Å². The van der Waals surface area contributed by atoms with Crippen LogP contribution in [0.4, 0.5) is 19.1 Å². The van der Waals surface area contributed by atoms with E-state index in [2.05, 4.69) is 15.1 Å². The molecule has 0 radical (unpaired) electrons. The van der Waals surface area contributed by atoms with Crippen LogP contribution in [-0.2, 0) is 6.18 Å². The van der Waals surface area contributed by atoms with Crippen LogP contribution in [-0.4, -0.2) is 19.7 Å². The first-order chi connectivity index (χ1) is 9.24. The summed E-state index contributed by atoms with van der Waals surface area (Å²) in [6, 6.07) is 0.833. The van der Waals surface area contributed by atoms with Crippen molar-refractivity contribution in [1.82, 2.24) is 19.7 Å². The minimum Gasteiger partial charge on any atom is -0.292 e. The fourth-order valence-electron chi connectivity index (χ4n) is 1.70. The molecule has 0 aliphatic carbocycles. The molecule has 0 saturated carbocycles. The lowest BCUT2D eigenvalue weighted by Crippen LogP contribution is -2.17. The Bertz CT molecular complexity index is 646. The van der Waals surface area contributed by atoms with Gasteiger partial charge in [0.15, 0.2) is 11.5 Å². The molecular weight excluding hydrogens is 273 g/mol. The molecule has 0 fully saturated rings. The van der Waals surface area contributed by atoms with Gasteiger partial charge in [-0.15, -0.1) is 0 Å². The van der Waals surface area contributed by atoms with Crippen LogP contribution in [0.2, 0.25) is 0 Å². The zero-order valence-electron chi connectivity index (χ0n) is 11.1. The van der Waals surface area contributed by atoms with Gasteiger partial charge < -0.3 is 0 Å². The lowest BCUT2D eigenvalue weighted by Gasteiger charge is -2.10. The van der Waals surface area contributed by atoms with Gasteiger partial charge in [0.05, 0.1) is 5.69 Å². The maximum absolute atomic E-state index is 12.8. The van der Waals surface area contributed by atoms with E-state index < -0.39 is 11.9 Å². The zero-order chi connectivity index (χ0) is 15.1. The highest BCUT2D eigenvalue weighted by molar-refractivity contribution is 5.38. The summed E-state index contributed by atoms with van der Waals surface area (Å²) in [7, 11) is 0. The van der Waals surface area contributed by atoms with Gasteiger partial charge in [-0.25, -0.2) is 15.5 Å². The molecule has 0 saturated heterocycles. The minimum atomic E-state index is -4.59. The first-order valence-corrected chi connectivity index (χ1v) is 5.70. The maximum atomic E-state index is 12.8. The number of hydrogen-bond acceptors (Lipinski definition) is 5. The topological polar surface area (TPSA) is 81.7 Å². The smallest absolute Gasteiger partial charge is 0.292 e. The van der Waals surface area contributed by atoms with Crippen molar-refractivity contribution >= 4 is 5.95 Å². The Morgan fingerprint density at radius 2 is 1.85 bits per heavy atom. The van der Waals surface area contributed by atoms with Crippen LogP contribution in [0.5, 0.6) is 0 Å². The van der Waals surface area contributed by atoms with Gasteiger partial charge in [-0.05, 0) is 26.3 Å². The van der Waals surface area contributed by atoms with Gasteiger partial charge in [0.2, 0.25) is 5.95 Å². The number of nitrogens with two attached hydrogens (primary N) is 1. The maximum Gasteiger partial charge on any atom is 0.433 e. The van der Waals surface area contributed by atoms with Gasteiger partial charge in [-0.1, -0.05) is 0 Å². The molecule has 0 amide bonds. The first kappa shape index (κ1) is 14.3. The summed E-state index contributed by atoms with van der Waals surface area (Å²) in [6.45, 7) is 5.36. The number of aromatic nitrogens is 4. The molecule has 2 aromatic rings. The second kappa shape index (κ2) is 4.75. The zero-order valence-corrected chi connectivity index (χ0v) is 11.1. The molecule has 108 valence electrons. The third kappa shape index (κ3) is 2.44. The fraction of sp³-hybridized carbons (Fsp3) is 0.364. The summed E-state index contributed by atoms with van der Waals surface area (Å²) in [6.07, 6.45) is -4.59. The number of nitrogen functional groups attached to an aromatic ring is 1.